The van der Waals surface area contributed by atoms with Crippen LogP contribution in [0.4, 0.5) is 0 Å². The van der Waals surface area contributed by atoms with Crippen LogP contribution in [0.1, 0.15) is 16.6 Å². The number of thiophene rings is 2. The highest BCUT2D eigenvalue weighted by atomic mass is 32.1. The Morgan fingerprint density at radius 1 is 0.957 bits per heavy atom. The maximum absolute atomic E-state index is 11.8. The van der Waals surface area contributed by atoms with Gasteiger partial charge in [-0.2, -0.15) is 0 Å². The van der Waals surface area contributed by atoms with Crippen molar-refractivity contribution in [3.05, 3.63) is 34.5 Å². The average molecular weight is 342 g/mol. The minimum Gasteiger partial charge on any atom is -0.496 e. The van der Waals surface area contributed by atoms with Crippen LogP contribution in [0, 0.1) is 0 Å². The fraction of sp³-hybridized carbons (Fsp3) is 0.167. The van der Waals surface area contributed by atoms with Crippen molar-refractivity contribution in [2.75, 3.05) is 14.2 Å². The molecule has 0 aliphatic heterocycles. The molecular formula is C18H14O3S2. The summed E-state index contributed by atoms with van der Waals surface area (Å²) in [4.78, 5) is 12.5. The SMILES string of the molecule is COc1cc2cc(C(C)=O)sc2c2c(OC)cc3ccsc3c12. The maximum Gasteiger partial charge on any atom is 0.169 e. The first-order valence-corrected chi connectivity index (χ1v) is 8.83. The van der Waals surface area contributed by atoms with Crippen LogP contribution in [0.2, 0.25) is 0 Å². The summed E-state index contributed by atoms with van der Waals surface area (Å²) in [5, 5.41) is 6.30. The van der Waals surface area contributed by atoms with Gasteiger partial charge in [-0.25, -0.2) is 0 Å². The Labute approximate surface area is 141 Å². The van der Waals surface area contributed by atoms with E-state index in [2.05, 4.69) is 17.5 Å². The van der Waals surface area contributed by atoms with E-state index >= 15 is 0 Å². The molecule has 2 aromatic carbocycles. The molecule has 0 saturated carbocycles. The number of carbonyl (C=O) groups is 1. The molecule has 23 heavy (non-hydrogen) atoms. The zero-order valence-electron chi connectivity index (χ0n) is 12.9. The van der Waals surface area contributed by atoms with E-state index in [1.807, 2.05) is 12.1 Å². The van der Waals surface area contributed by atoms with E-state index < -0.39 is 0 Å². The molecule has 0 N–H and O–H groups in total. The van der Waals surface area contributed by atoms with Crippen molar-refractivity contribution in [3.8, 4) is 11.5 Å². The van der Waals surface area contributed by atoms with Gasteiger partial charge in [-0.05, 0) is 47.3 Å². The van der Waals surface area contributed by atoms with Gasteiger partial charge in [0.2, 0.25) is 0 Å². The molecule has 2 aromatic heterocycles. The van der Waals surface area contributed by atoms with Gasteiger partial charge in [0.1, 0.15) is 11.5 Å². The fourth-order valence-corrected chi connectivity index (χ4v) is 4.99. The van der Waals surface area contributed by atoms with Gasteiger partial charge in [0.05, 0.1) is 19.1 Å². The number of hydrogen-bond acceptors (Lipinski definition) is 5. The lowest BCUT2D eigenvalue weighted by molar-refractivity contribution is 0.102. The Bertz CT molecular complexity index is 1070. The highest BCUT2D eigenvalue weighted by molar-refractivity contribution is 7.22. The Morgan fingerprint density at radius 2 is 1.61 bits per heavy atom. The molecule has 0 fully saturated rings. The Balaban J connectivity index is 2.30. The van der Waals surface area contributed by atoms with E-state index in [1.54, 1.807) is 32.5 Å². The van der Waals surface area contributed by atoms with Crippen molar-refractivity contribution < 1.29 is 14.3 Å². The number of ketones is 1. The Morgan fingerprint density at radius 3 is 2.26 bits per heavy atom. The number of carbonyl (C=O) groups excluding carboxylic acids is 1. The third-order valence-electron chi connectivity index (χ3n) is 4.01. The molecule has 0 saturated heterocycles. The fourth-order valence-electron chi connectivity index (χ4n) is 2.96. The number of benzene rings is 2. The second kappa shape index (κ2) is 5.22. The van der Waals surface area contributed by atoms with Crippen LogP contribution in [0.3, 0.4) is 0 Å². The van der Waals surface area contributed by atoms with Gasteiger partial charge >= 0.3 is 0 Å². The molecule has 0 radical (unpaired) electrons. The third kappa shape index (κ3) is 2.04. The second-order valence-electron chi connectivity index (χ2n) is 5.33. The molecule has 0 atom stereocenters. The minimum atomic E-state index is 0.0782. The monoisotopic (exact) mass is 342 g/mol. The Hall–Kier alpha value is -2.11. The molecule has 4 rings (SSSR count). The van der Waals surface area contributed by atoms with E-state index in [0.29, 0.717) is 0 Å². The van der Waals surface area contributed by atoms with Crippen LogP contribution >= 0.6 is 22.7 Å². The predicted molar refractivity (Wildman–Crippen MR) is 97.8 cm³/mol. The Kier molecular flexibility index (Phi) is 3.28. The smallest absolute Gasteiger partial charge is 0.169 e. The van der Waals surface area contributed by atoms with Crippen molar-refractivity contribution >= 4 is 59.4 Å². The third-order valence-corrected chi connectivity index (χ3v) is 6.23. The van der Waals surface area contributed by atoms with Crippen LogP contribution in [0.25, 0.3) is 30.9 Å². The number of Topliss-reactive ketones (excluding diaryl/α,β-unsaturated/α-hetero) is 1. The summed E-state index contributed by atoms with van der Waals surface area (Å²) in [6.45, 7) is 1.60. The molecule has 0 aliphatic carbocycles. The lowest BCUT2D eigenvalue weighted by Crippen LogP contribution is -1.89. The molecule has 0 unspecified atom stereocenters. The normalized spacial score (nSPS) is 11.4. The van der Waals surface area contributed by atoms with Crippen LogP contribution in [0.5, 0.6) is 11.5 Å². The molecular weight excluding hydrogens is 328 g/mol. The lowest BCUT2D eigenvalue weighted by Gasteiger charge is -2.12. The minimum absolute atomic E-state index is 0.0782. The predicted octanol–water partition coefficient (Wildman–Crippen LogP) is 5.49. The largest absolute Gasteiger partial charge is 0.496 e. The van der Waals surface area contributed by atoms with Crippen molar-refractivity contribution in [1.82, 2.24) is 0 Å². The topological polar surface area (TPSA) is 35.5 Å². The van der Waals surface area contributed by atoms with Crippen molar-refractivity contribution in [2.24, 2.45) is 0 Å². The van der Waals surface area contributed by atoms with E-state index in [1.165, 1.54) is 16.0 Å². The molecule has 5 heteroatoms. The number of fused-ring (bicyclic) bond motifs is 5. The molecule has 0 aliphatic rings. The lowest BCUT2D eigenvalue weighted by atomic mass is 10.0. The van der Waals surface area contributed by atoms with Gasteiger partial charge in [-0.1, -0.05) is 0 Å². The molecule has 0 spiro atoms. The zero-order valence-corrected chi connectivity index (χ0v) is 14.6. The van der Waals surface area contributed by atoms with Crippen molar-refractivity contribution in [2.45, 2.75) is 6.92 Å². The van der Waals surface area contributed by atoms with E-state index in [9.17, 15) is 4.79 Å². The number of rotatable bonds is 3. The summed E-state index contributed by atoms with van der Waals surface area (Å²) in [5.74, 6) is 1.70. The summed E-state index contributed by atoms with van der Waals surface area (Å²) >= 11 is 3.20. The maximum atomic E-state index is 11.8. The first kappa shape index (κ1) is 14.5. The number of hydrogen-bond donors (Lipinski definition) is 0. The summed E-state index contributed by atoms with van der Waals surface area (Å²) < 4.78 is 13.6. The first-order valence-electron chi connectivity index (χ1n) is 7.13. The number of ether oxygens (including phenoxy) is 2. The van der Waals surface area contributed by atoms with Gasteiger partial charge in [-0.3, -0.25) is 4.79 Å². The molecule has 3 nitrogen and oxygen atoms in total. The van der Waals surface area contributed by atoms with E-state index in [-0.39, 0.29) is 5.78 Å². The first-order chi connectivity index (χ1) is 11.1. The number of methoxy groups -OCH3 is 2. The van der Waals surface area contributed by atoms with E-state index in [0.717, 1.165) is 42.6 Å². The second-order valence-corrected chi connectivity index (χ2v) is 7.30. The zero-order chi connectivity index (χ0) is 16.1. The summed E-state index contributed by atoms with van der Waals surface area (Å²) in [5.41, 5.74) is 0. The molecule has 116 valence electrons. The highest BCUT2D eigenvalue weighted by Crippen LogP contribution is 2.47. The van der Waals surface area contributed by atoms with Gasteiger partial charge in [0.15, 0.2) is 5.78 Å². The quantitative estimate of drug-likeness (QED) is 0.462. The van der Waals surface area contributed by atoms with Crippen molar-refractivity contribution in [3.63, 3.8) is 0 Å². The van der Waals surface area contributed by atoms with Crippen LogP contribution < -0.4 is 9.47 Å². The van der Waals surface area contributed by atoms with Crippen LogP contribution in [-0.2, 0) is 0 Å². The van der Waals surface area contributed by atoms with E-state index in [4.69, 9.17) is 9.47 Å². The summed E-state index contributed by atoms with van der Waals surface area (Å²) in [6.07, 6.45) is 0. The van der Waals surface area contributed by atoms with Gasteiger partial charge < -0.3 is 9.47 Å². The molecule has 0 bridgehead atoms. The van der Waals surface area contributed by atoms with Gasteiger partial charge in [-0.15, -0.1) is 22.7 Å². The molecule has 2 heterocycles. The molecule has 4 aromatic rings. The van der Waals surface area contributed by atoms with Crippen LogP contribution in [0.15, 0.2) is 29.6 Å². The summed E-state index contributed by atoms with van der Waals surface area (Å²) in [7, 11) is 3.36. The van der Waals surface area contributed by atoms with Gasteiger partial charge in [0, 0.05) is 20.2 Å². The van der Waals surface area contributed by atoms with Crippen LogP contribution in [-0.4, -0.2) is 20.0 Å². The van der Waals surface area contributed by atoms with Gasteiger partial charge in [0.25, 0.3) is 0 Å². The summed E-state index contributed by atoms with van der Waals surface area (Å²) in [6, 6.07) is 8.09. The molecule has 0 amide bonds. The standard InChI is InChI=1S/C18H14O3S2/c1-9(19)14-8-11-7-13(21-3)15-16(18(11)23-14)12(20-2)6-10-4-5-22-17(10)15/h4-8H,1-3H3. The van der Waals surface area contributed by atoms with Crippen molar-refractivity contribution in [1.29, 1.82) is 0 Å². The highest BCUT2D eigenvalue weighted by Gasteiger charge is 2.19. The average Bonchev–Trinajstić information content (AvgIpc) is 3.18.